The number of phosphoric acid groups is 1. The Kier molecular flexibility index (Phi) is 15.5. The highest BCUT2D eigenvalue weighted by atomic mass is 31.2. The summed E-state index contributed by atoms with van der Waals surface area (Å²) >= 11 is 0. The van der Waals surface area contributed by atoms with E-state index < -0.39 is 7.82 Å². The van der Waals surface area contributed by atoms with Crippen LogP contribution in [-0.4, -0.2) is 29.6 Å². The standard InChI is InChI=1S/C15H31O6P/c1-2-3-4-5-6-7-8-9-10-11-12-13-19-14-15-20-21-22(16,17)18/h2H,1,3-15H2,(H2,16,17,18). The lowest BCUT2D eigenvalue weighted by Gasteiger charge is -2.06. The largest absolute Gasteiger partial charge is 0.496 e. The van der Waals surface area contributed by atoms with E-state index in [2.05, 4.69) is 16.1 Å². The fourth-order valence-corrected chi connectivity index (χ4v) is 2.24. The Labute approximate surface area is 134 Å². The number of hydrogen-bond acceptors (Lipinski definition) is 4. The summed E-state index contributed by atoms with van der Waals surface area (Å²) in [5.41, 5.74) is 0. The molecule has 0 aliphatic heterocycles. The lowest BCUT2D eigenvalue weighted by Crippen LogP contribution is -2.05. The number of allylic oxidation sites excluding steroid dienone is 1. The monoisotopic (exact) mass is 338 g/mol. The van der Waals surface area contributed by atoms with Gasteiger partial charge in [-0.1, -0.05) is 51.0 Å². The Morgan fingerprint density at radius 2 is 1.36 bits per heavy atom. The van der Waals surface area contributed by atoms with Gasteiger partial charge in [-0.05, 0) is 19.3 Å². The minimum absolute atomic E-state index is 0.0109. The van der Waals surface area contributed by atoms with Crippen LogP contribution in [-0.2, 0) is 18.9 Å². The number of rotatable bonds is 17. The van der Waals surface area contributed by atoms with E-state index in [-0.39, 0.29) is 13.2 Å². The summed E-state index contributed by atoms with van der Waals surface area (Å²) in [5.74, 6) is 0. The van der Waals surface area contributed by atoms with E-state index in [1.165, 1.54) is 44.9 Å². The first-order valence-corrected chi connectivity index (χ1v) is 9.64. The van der Waals surface area contributed by atoms with E-state index in [4.69, 9.17) is 14.5 Å². The van der Waals surface area contributed by atoms with Gasteiger partial charge >= 0.3 is 7.82 Å². The van der Waals surface area contributed by atoms with Crippen LogP contribution in [0.25, 0.3) is 0 Å². The maximum Gasteiger partial charge on any atom is 0.496 e. The van der Waals surface area contributed by atoms with Crippen molar-refractivity contribution in [2.45, 2.75) is 64.2 Å². The Bertz CT molecular complexity index is 292. The molecule has 0 aromatic rings. The third-order valence-corrected chi connectivity index (χ3v) is 3.46. The average Bonchev–Trinajstić information content (AvgIpc) is 2.45. The summed E-state index contributed by atoms with van der Waals surface area (Å²) in [7, 11) is -4.54. The first-order chi connectivity index (χ1) is 10.6. The zero-order valence-corrected chi connectivity index (χ0v) is 14.3. The van der Waals surface area contributed by atoms with Gasteiger partial charge < -0.3 is 14.5 Å². The van der Waals surface area contributed by atoms with Gasteiger partial charge in [0.25, 0.3) is 0 Å². The molecule has 0 amide bonds. The molecule has 0 saturated carbocycles. The van der Waals surface area contributed by atoms with Crippen LogP contribution >= 0.6 is 7.82 Å². The van der Waals surface area contributed by atoms with Gasteiger partial charge in [0.15, 0.2) is 0 Å². The van der Waals surface area contributed by atoms with Gasteiger partial charge in [0.2, 0.25) is 0 Å². The molecular weight excluding hydrogens is 307 g/mol. The predicted molar refractivity (Wildman–Crippen MR) is 86.3 cm³/mol. The highest BCUT2D eigenvalue weighted by Gasteiger charge is 2.14. The lowest BCUT2D eigenvalue weighted by atomic mass is 10.1. The maximum absolute atomic E-state index is 10.3. The number of hydrogen-bond donors (Lipinski definition) is 2. The van der Waals surface area contributed by atoms with Crippen molar-refractivity contribution < 1.29 is 28.7 Å². The normalized spacial score (nSPS) is 11.7. The summed E-state index contributed by atoms with van der Waals surface area (Å²) in [6.45, 7) is 4.64. The van der Waals surface area contributed by atoms with Crippen molar-refractivity contribution in [1.29, 1.82) is 0 Å². The molecule has 0 aromatic heterocycles. The van der Waals surface area contributed by atoms with Crippen molar-refractivity contribution >= 4 is 7.82 Å². The minimum atomic E-state index is -4.54. The molecule has 0 fully saturated rings. The van der Waals surface area contributed by atoms with Crippen molar-refractivity contribution in [3.63, 3.8) is 0 Å². The Morgan fingerprint density at radius 1 is 0.818 bits per heavy atom. The van der Waals surface area contributed by atoms with Gasteiger partial charge in [-0.3, -0.25) is 0 Å². The fourth-order valence-electron chi connectivity index (χ4n) is 2.03. The number of ether oxygens (including phenoxy) is 1. The van der Waals surface area contributed by atoms with Gasteiger partial charge in [0, 0.05) is 6.61 Å². The van der Waals surface area contributed by atoms with Gasteiger partial charge in [-0.2, -0.15) is 0 Å². The molecule has 0 radical (unpaired) electrons. The molecular formula is C15H31O6P. The molecule has 132 valence electrons. The molecule has 0 bridgehead atoms. The van der Waals surface area contributed by atoms with Crippen molar-refractivity contribution in [2.75, 3.05) is 19.8 Å². The van der Waals surface area contributed by atoms with Crippen molar-refractivity contribution in [3.8, 4) is 0 Å². The molecule has 0 spiro atoms. The van der Waals surface area contributed by atoms with Crippen molar-refractivity contribution in [3.05, 3.63) is 12.7 Å². The molecule has 0 atom stereocenters. The van der Waals surface area contributed by atoms with E-state index in [1.54, 1.807) is 0 Å². The third kappa shape index (κ3) is 19.8. The molecule has 7 heteroatoms. The lowest BCUT2D eigenvalue weighted by molar-refractivity contribution is -0.229. The number of unbranched alkanes of at least 4 members (excludes halogenated alkanes) is 9. The maximum atomic E-state index is 10.3. The zero-order chi connectivity index (χ0) is 16.5. The Morgan fingerprint density at radius 3 is 1.91 bits per heavy atom. The van der Waals surface area contributed by atoms with Gasteiger partial charge in [-0.15, -0.1) is 11.3 Å². The van der Waals surface area contributed by atoms with E-state index in [0.717, 1.165) is 19.3 Å². The van der Waals surface area contributed by atoms with Gasteiger partial charge in [0.05, 0.1) is 6.61 Å². The van der Waals surface area contributed by atoms with Gasteiger partial charge in [-0.25, -0.2) is 9.45 Å². The summed E-state index contributed by atoms with van der Waals surface area (Å²) in [5, 5.41) is 0. The van der Waals surface area contributed by atoms with Crippen LogP contribution in [0.3, 0.4) is 0 Å². The van der Waals surface area contributed by atoms with Crippen LogP contribution in [0.1, 0.15) is 64.2 Å². The third-order valence-electron chi connectivity index (χ3n) is 3.16. The van der Waals surface area contributed by atoms with E-state index in [1.807, 2.05) is 6.08 Å². The molecule has 0 aliphatic rings. The fraction of sp³-hybridized carbons (Fsp3) is 0.867. The minimum Gasteiger partial charge on any atom is -0.379 e. The van der Waals surface area contributed by atoms with Gasteiger partial charge in [0.1, 0.15) is 6.61 Å². The first kappa shape index (κ1) is 21.8. The molecule has 6 nitrogen and oxygen atoms in total. The van der Waals surface area contributed by atoms with E-state index in [0.29, 0.717) is 6.61 Å². The molecule has 0 rings (SSSR count). The highest BCUT2D eigenvalue weighted by molar-refractivity contribution is 7.46. The molecule has 22 heavy (non-hydrogen) atoms. The van der Waals surface area contributed by atoms with E-state index in [9.17, 15) is 4.57 Å². The first-order valence-electron chi connectivity index (χ1n) is 8.11. The zero-order valence-electron chi connectivity index (χ0n) is 13.5. The summed E-state index contributed by atoms with van der Waals surface area (Å²) in [4.78, 5) is 21.0. The van der Waals surface area contributed by atoms with Crippen LogP contribution < -0.4 is 0 Å². The topological polar surface area (TPSA) is 85.2 Å². The van der Waals surface area contributed by atoms with Crippen LogP contribution in [0.5, 0.6) is 0 Å². The second kappa shape index (κ2) is 15.7. The molecule has 2 N–H and O–H groups in total. The summed E-state index contributed by atoms with van der Waals surface area (Å²) in [6, 6.07) is 0. The van der Waals surface area contributed by atoms with Crippen LogP contribution in [0.2, 0.25) is 0 Å². The summed E-state index contributed by atoms with van der Waals surface area (Å²) < 4.78 is 19.4. The summed E-state index contributed by atoms with van der Waals surface area (Å²) in [6.07, 6.45) is 14.3. The SMILES string of the molecule is C=CCCCCCCCCCCCOCCOOP(=O)(O)O. The highest BCUT2D eigenvalue weighted by Crippen LogP contribution is 2.35. The van der Waals surface area contributed by atoms with Crippen molar-refractivity contribution in [1.82, 2.24) is 0 Å². The van der Waals surface area contributed by atoms with Crippen LogP contribution in [0.4, 0.5) is 0 Å². The second-order valence-corrected chi connectivity index (χ2v) is 6.39. The Hall–Kier alpha value is -0.230. The quantitative estimate of drug-likeness (QED) is 0.136. The average molecular weight is 338 g/mol. The molecule has 0 unspecified atom stereocenters. The molecule has 0 saturated heterocycles. The van der Waals surface area contributed by atoms with E-state index >= 15 is 0 Å². The predicted octanol–water partition coefficient (Wildman–Crippen LogP) is 4.13. The van der Waals surface area contributed by atoms with Crippen molar-refractivity contribution in [2.24, 2.45) is 0 Å². The smallest absolute Gasteiger partial charge is 0.379 e. The molecule has 0 aromatic carbocycles. The molecule has 0 aliphatic carbocycles. The Balaban J connectivity index is 3.03. The van der Waals surface area contributed by atoms with Crippen LogP contribution in [0, 0.1) is 0 Å². The second-order valence-electron chi connectivity index (χ2n) is 5.26. The molecule has 0 heterocycles. The van der Waals surface area contributed by atoms with Crippen LogP contribution in [0.15, 0.2) is 12.7 Å².